The minimum atomic E-state index is -1.09. The molecule has 1 aliphatic heterocycles. The van der Waals surface area contributed by atoms with E-state index in [2.05, 4.69) is 15.2 Å². The Morgan fingerprint density at radius 2 is 1.83 bits per heavy atom. The first-order valence-corrected chi connectivity index (χ1v) is 12.3. The summed E-state index contributed by atoms with van der Waals surface area (Å²) in [7, 11) is 4.01. The fraction of sp³-hybridized carbons (Fsp3) is 0.345. The molecule has 0 aliphatic carbocycles. The maximum atomic E-state index is 14.0. The van der Waals surface area contributed by atoms with Gasteiger partial charge in [0.25, 0.3) is 5.91 Å². The summed E-state index contributed by atoms with van der Waals surface area (Å²) < 4.78 is 0. The molecule has 2 atom stereocenters. The maximum Gasteiger partial charge on any atom is 0.260 e. The van der Waals surface area contributed by atoms with Gasteiger partial charge in [0.2, 0.25) is 5.91 Å². The van der Waals surface area contributed by atoms with Gasteiger partial charge in [0, 0.05) is 18.3 Å². The first kappa shape index (κ1) is 25.5. The van der Waals surface area contributed by atoms with Crippen LogP contribution < -0.4 is 10.2 Å². The lowest BCUT2D eigenvalue weighted by Gasteiger charge is -2.47. The third-order valence-electron chi connectivity index (χ3n) is 6.90. The van der Waals surface area contributed by atoms with Crippen LogP contribution in [0.5, 0.6) is 0 Å². The number of aromatic nitrogens is 1. The lowest BCUT2D eigenvalue weighted by molar-refractivity contribution is -0.127. The first-order valence-electron chi connectivity index (χ1n) is 12.3. The zero-order valence-electron chi connectivity index (χ0n) is 21.4. The summed E-state index contributed by atoms with van der Waals surface area (Å²) >= 11 is 0. The molecule has 2 aromatic carbocycles. The van der Waals surface area contributed by atoms with Crippen LogP contribution >= 0.6 is 0 Å². The molecule has 0 saturated carbocycles. The average Bonchev–Trinajstić information content (AvgIpc) is 2.89. The highest BCUT2D eigenvalue weighted by Gasteiger charge is 2.53. The number of aliphatic hydroxyl groups excluding tert-OH is 1. The van der Waals surface area contributed by atoms with Crippen LogP contribution in [0.3, 0.4) is 0 Å². The lowest BCUT2D eigenvalue weighted by Crippen LogP contribution is -2.57. The van der Waals surface area contributed by atoms with Crippen LogP contribution in [-0.4, -0.2) is 54.0 Å². The number of aliphatic hydroxyl groups is 1. The van der Waals surface area contributed by atoms with Gasteiger partial charge in [0.1, 0.15) is 5.82 Å². The number of amides is 2. The molecule has 7 nitrogen and oxygen atoms in total. The van der Waals surface area contributed by atoms with Gasteiger partial charge in [-0.1, -0.05) is 48.5 Å². The molecule has 7 heteroatoms. The molecule has 4 rings (SSSR count). The smallest absolute Gasteiger partial charge is 0.260 e. The number of pyridine rings is 1. The Morgan fingerprint density at radius 3 is 2.47 bits per heavy atom. The number of rotatable bonds is 8. The number of carbonyl (C=O) groups is 2. The van der Waals surface area contributed by atoms with Crippen molar-refractivity contribution in [1.82, 2.24) is 15.2 Å². The van der Waals surface area contributed by atoms with E-state index in [1.165, 1.54) is 0 Å². The van der Waals surface area contributed by atoms with Gasteiger partial charge in [-0.2, -0.15) is 0 Å². The van der Waals surface area contributed by atoms with Crippen molar-refractivity contribution < 1.29 is 14.7 Å². The summed E-state index contributed by atoms with van der Waals surface area (Å²) in [5.41, 5.74) is 2.64. The maximum absolute atomic E-state index is 14.0. The normalized spacial score (nSPS) is 19.3. The topological polar surface area (TPSA) is 85.8 Å². The van der Waals surface area contributed by atoms with E-state index in [0.29, 0.717) is 23.5 Å². The highest BCUT2D eigenvalue weighted by molar-refractivity contribution is 6.12. The molecule has 1 aliphatic rings. The molecule has 188 valence electrons. The molecule has 0 fully saturated rings. The summed E-state index contributed by atoms with van der Waals surface area (Å²) in [4.78, 5) is 36.3. The van der Waals surface area contributed by atoms with Crippen molar-refractivity contribution in [3.8, 4) is 0 Å². The summed E-state index contributed by atoms with van der Waals surface area (Å²) in [5.74, 6) is 0.147. The fourth-order valence-electron chi connectivity index (χ4n) is 4.93. The molecule has 2 heterocycles. The third kappa shape index (κ3) is 4.76. The molecular weight excluding hydrogens is 452 g/mol. The lowest BCUT2D eigenvalue weighted by atomic mass is 9.67. The van der Waals surface area contributed by atoms with Crippen molar-refractivity contribution >= 4 is 17.6 Å². The summed E-state index contributed by atoms with van der Waals surface area (Å²) in [6, 6.07) is 17.9. The van der Waals surface area contributed by atoms with E-state index in [4.69, 9.17) is 0 Å². The number of fused-ring (bicyclic) bond motifs is 1. The van der Waals surface area contributed by atoms with Gasteiger partial charge >= 0.3 is 0 Å². The minimum Gasteiger partial charge on any atom is -0.392 e. The average molecular weight is 487 g/mol. The van der Waals surface area contributed by atoms with E-state index in [1.54, 1.807) is 17.2 Å². The highest BCUT2D eigenvalue weighted by Crippen LogP contribution is 2.48. The van der Waals surface area contributed by atoms with Gasteiger partial charge in [-0.3, -0.25) is 14.5 Å². The van der Waals surface area contributed by atoms with Crippen LogP contribution in [0.15, 0.2) is 66.9 Å². The molecule has 2 N–H and O–H groups in total. The number of nitrogens with one attached hydrogen (secondary N) is 1. The molecule has 0 unspecified atom stereocenters. The number of nitrogens with zero attached hydrogens (tertiary/aromatic N) is 3. The second-order valence-electron chi connectivity index (χ2n) is 9.83. The van der Waals surface area contributed by atoms with Crippen molar-refractivity contribution in [2.24, 2.45) is 0 Å². The van der Waals surface area contributed by atoms with E-state index in [1.807, 2.05) is 82.5 Å². The van der Waals surface area contributed by atoms with Crippen LogP contribution in [-0.2, 0) is 16.8 Å². The number of benzene rings is 2. The Hall–Kier alpha value is -3.55. The van der Waals surface area contributed by atoms with E-state index in [9.17, 15) is 14.7 Å². The predicted molar refractivity (Wildman–Crippen MR) is 141 cm³/mol. The van der Waals surface area contributed by atoms with Crippen LogP contribution in [0.1, 0.15) is 52.0 Å². The van der Waals surface area contributed by atoms with Crippen LogP contribution in [0.4, 0.5) is 5.82 Å². The zero-order chi connectivity index (χ0) is 25.9. The zero-order valence-corrected chi connectivity index (χ0v) is 21.4. The number of hydrogen-bond acceptors (Lipinski definition) is 5. The first-order chi connectivity index (χ1) is 17.3. The standard InChI is InChI=1S/C29H34N4O3/c1-20-10-15-25(31-18-20)33-26(22-13-11-21(19-34)12-14-22)29(2,28(36)30-16-7-17-32(3)4)24-9-6-5-8-23(24)27(33)35/h5-6,8-15,18,26,34H,7,16-17,19H2,1-4H3,(H,30,36)/t26-,29-/m0/s1. The summed E-state index contributed by atoms with van der Waals surface area (Å²) in [6.07, 6.45) is 2.54. The quantitative estimate of drug-likeness (QED) is 0.475. The van der Waals surface area contributed by atoms with Crippen LogP contribution in [0.2, 0.25) is 0 Å². The molecule has 36 heavy (non-hydrogen) atoms. The summed E-state index contributed by atoms with van der Waals surface area (Å²) in [5, 5.41) is 12.7. The monoisotopic (exact) mass is 486 g/mol. The molecule has 0 bridgehead atoms. The van der Waals surface area contributed by atoms with E-state index < -0.39 is 11.5 Å². The Balaban J connectivity index is 1.88. The van der Waals surface area contributed by atoms with Crippen LogP contribution in [0, 0.1) is 6.92 Å². The van der Waals surface area contributed by atoms with Gasteiger partial charge in [0.15, 0.2) is 0 Å². The van der Waals surface area contributed by atoms with E-state index >= 15 is 0 Å². The fourth-order valence-corrected chi connectivity index (χ4v) is 4.93. The Morgan fingerprint density at radius 1 is 1.11 bits per heavy atom. The molecule has 2 amide bonds. The van der Waals surface area contributed by atoms with Gasteiger partial charge in [-0.25, -0.2) is 4.98 Å². The number of aryl methyl sites for hydroxylation is 1. The van der Waals surface area contributed by atoms with Crippen molar-refractivity contribution in [2.45, 2.75) is 38.3 Å². The number of anilines is 1. The molecule has 3 aromatic rings. The number of carbonyl (C=O) groups excluding carboxylic acids is 2. The van der Waals surface area contributed by atoms with Gasteiger partial charge < -0.3 is 15.3 Å². The Bertz CT molecular complexity index is 1220. The molecular formula is C29H34N4O3. The van der Waals surface area contributed by atoms with E-state index in [0.717, 1.165) is 29.7 Å². The van der Waals surface area contributed by atoms with Crippen molar-refractivity contribution in [2.75, 3.05) is 32.1 Å². The SMILES string of the molecule is Cc1ccc(N2C(=O)c3ccccc3[C@](C)(C(=O)NCCCN(C)C)[C@@H]2c2ccc(CO)cc2)nc1. The van der Waals surface area contributed by atoms with Crippen molar-refractivity contribution in [1.29, 1.82) is 0 Å². The second kappa shape index (κ2) is 10.6. The van der Waals surface area contributed by atoms with Crippen LogP contribution in [0.25, 0.3) is 0 Å². The predicted octanol–water partition coefficient (Wildman–Crippen LogP) is 3.61. The number of hydrogen-bond donors (Lipinski definition) is 2. The highest BCUT2D eigenvalue weighted by atomic mass is 16.3. The molecule has 0 radical (unpaired) electrons. The van der Waals surface area contributed by atoms with Crippen molar-refractivity contribution in [3.05, 3.63) is 94.7 Å². The van der Waals surface area contributed by atoms with Gasteiger partial charge in [-0.15, -0.1) is 0 Å². The van der Waals surface area contributed by atoms with Crippen molar-refractivity contribution in [3.63, 3.8) is 0 Å². The molecule has 0 spiro atoms. The minimum absolute atomic E-state index is 0.0838. The summed E-state index contributed by atoms with van der Waals surface area (Å²) in [6.45, 7) is 5.16. The molecule has 0 saturated heterocycles. The Kier molecular flexibility index (Phi) is 7.52. The second-order valence-corrected chi connectivity index (χ2v) is 9.83. The third-order valence-corrected chi connectivity index (χ3v) is 6.90. The van der Waals surface area contributed by atoms with Gasteiger partial charge in [-0.05, 0) is 75.3 Å². The molecule has 1 aromatic heterocycles. The Labute approximate surface area is 212 Å². The van der Waals surface area contributed by atoms with Gasteiger partial charge in [0.05, 0.1) is 18.1 Å². The van der Waals surface area contributed by atoms with E-state index in [-0.39, 0.29) is 18.4 Å². The largest absolute Gasteiger partial charge is 0.392 e.